The molecule has 0 bridgehead atoms. The highest BCUT2D eigenvalue weighted by Crippen LogP contribution is 2.39. The summed E-state index contributed by atoms with van der Waals surface area (Å²) in [6.07, 6.45) is 3.90. The minimum Gasteiger partial charge on any atom is -0.497 e. The van der Waals surface area contributed by atoms with E-state index in [4.69, 9.17) is 9.84 Å². The fourth-order valence-electron chi connectivity index (χ4n) is 6.22. The van der Waals surface area contributed by atoms with Crippen LogP contribution in [0.1, 0.15) is 56.2 Å². The Morgan fingerprint density at radius 2 is 1.82 bits per heavy atom. The Kier molecular flexibility index (Phi) is 6.33. The molecule has 8 nitrogen and oxygen atoms in total. The van der Waals surface area contributed by atoms with Crippen LogP contribution in [0.3, 0.4) is 0 Å². The predicted octanol–water partition coefficient (Wildman–Crippen LogP) is 5.03. The van der Waals surface area contributed by atoms with Gasteiger partial charge in [0.05, 0.1) is 18.9 Å². The summed E-state index contributed by atoms with van der Waals surface area (Å²) in [5, 5.41) is 11.4. The largest absolute Gasteiger partial charge is 0.497 e. The standard InChI is InChI=1S/C31H32N4O4/c1-20-7-5-6-16-31(20)29(37)34(30(38)32-31)19-28(36)35-27(22-12-14-25(39-2)15-13-22)18-26(33-35)24-11-10-21-8-3-4-9-23(21)17-24/h3-4,8-15,17,20,27H,5-7,16,18-19H2,1-2H3,(H,32,38)/t20-,27+,31-/m0/s1. The lowest BCUT2D eigenvalue weighted by molar-refractivity contribution is -0.141. The molecular weight excluding hydrogens is 492 g/mol. The van der Waals surface area contributed by atoms with Crippen molar-refractivity contribution in [2.45, 2.75) is 50.6 Å². The van der Waals surface area contributed by atoms with Gasteiger partial charge in [0, 0.05) is 6.42 Å². The highest BCUT2D eigenvalue weighted by atomic mass is 16.5. The minimum atomic E-state index is -0.907. The van der Waals surface area contributed by atoms with Crippen LogP contribution >= 0.6 is 0 Å². The van der Waals surface area contributed by atoms with Gasteiger partial charge in [-0.2, -0.15) is 5.10 Å². The van der Waals surface area contributed by atoms with Crippen LogP contribution in [0, 0.1) is 5.92 Å². The van der Waals surface area contributed by atoms with Gasteiger partial charge in [0.15, 0.2) is 0 Å². The molecular formula is C31H32N4O4. The van der Waals surface area contributed by atoms with E-state index < -0.39 is 17.5 Å². The summed E-state index contributed by atoms with van der Waals surface area (Å²) < 4.78 is 5.32. The fraction of sp³-hybridized carbons (Fsp3) is 0.355. The summed E-state index contributed by atoms with van der Waals surface area (Å²) in [5.74, 6) is 0.0540. The first-order valence-electron chi connectivity index (χ1n) is 13.6. The number of carbonyl (C=O) groups excluding carboxylic acids is 3. The molecule has 1 saturated carbocycles. The lowest BCUT2D eigenvalue weighted by Gasteiger charge is -2.36. The highest BCUT2D eigenvalue weighted by molar-refractivity contribution is 6.10. The van der Waals surface area contributed by atoms with Crippen molar-refractivity contribution in [2.75, 3.05) is 13.7 Å². The molecule has 0 radical (unpaired) electrons. The van der Waals surface area contributed by atoms with Crippen molar-refractivity contribution >= 4 is 34.3 Å². The van der Waals surface area contributed by atoms with Crippen LogP contribution in [0.15, 0.2) is 71.8 Å². The van der Waals surface area contributed by atoms with Gasteiger partial charge < -0.3 is 10.1 Å². The molecule has 1 aliphatic carbocycles. The normalized spacial score (nSPS) is 24.8. The zero-order valence-electron chi connectivity index (χ0n) is 22.2. The Bertz CT molecular complexity index is 1480. The zero-order chi connectivity index (χ0) is 27.1. The Hall–Kier alpha value is -4.20. The van der Waals surface area contributed by atoms with Gasteiger partial charge in [-0.05, 0) is 58.9 Å². The van der Waals surface area contributed by atoms with E-state index in [1.54, 1.807) is 7.11 Å². The summed E-state index contributed by atoms with van der Waals surface area (Å²) in [5.41, 5.74) is 1.71. The van der Waals surface area contributed by atoms with Crippen LogP contribution in [0.5, 0.6) is 5.75 Å². The lowest BCUT2D eigenvalue weighted by atomic mass is 9.73. The van der Waals surface area contributed by atoms with Gasteiger partial charge in [-0.15, -0.1) is 0 Å². The summed E-state index contributed by atoms with van der Waals surface area (Å²) in [4.78, 5) is 41.3. The Morgan fingerprint density at radius 3 is 2.56 bits per heavy atom. The van der Waals surface area contributed by atoms with Crippen molar-refractivity contribution < 1.29 is 19.1 Å². The smallest absolute Gasteiger partial charge is 0.325 e. The summed E-state index contributed by atoms with van der Waals surface area (Å²) in [6.45, 7) is 1.66. The van der Waals surface area contributed by atoms with E-state index in [1.165, 1.54) is 5.01 Å². The maximum Gasteiger partial charge on any atom is 0.325 e. The van der Waals surface area contributed by atoms with Crippen LogP contribution in [0.4, 0.5) is 4.79 Å². The van der Waals surface area contributed by atoms with Crippen LogP contribution in [-0.2, 0) is 9.59 Å². The number of hydrazone groups is 1. The number of hydrogen-bond acceptors (Lipinski definition) is 5. The zero-order valence-corrected chi connectivity index (χ0v) is 22.2. The molecule has 3 aromatic carbocycles. The van der Waals surface area contributed by atoms with Gasteiger partial charge in [-0.25, -0.2) is 9.80 Å². The lowest BCUT2D eigenvalue weighted by Crippen LogP contribution is -2.54. The van der Waals surface area contributed by atoms with Crippen molar-refractivity contribution in [1.29, 1.82) is 0 Å². The molecule has 2 heterocycles. The van der Waals surface area contributed by atoms with Crippen molar-refractivity contribution in [1.82, 2.24) is 15.2 Å². The number of nitrogens with zero attached hydrogens (tertiary/aromatic N) is 3. The molecule has 8 heteroatoms. The molecule has 6 rings (SSSR count). The van der Waals surface area contributed by atoms with Crippen LogP contribution in [0.2, 0.25) is 0 Å². The van der Waals surface area contributed by atoms with E-state index in [2.05, 4.69) is 29.6 Å². The molecule has 0 aromatic heterocycles. The summed E-state index contributed by atoms with van der Waals surface area (Å²) in [6, 6.07) is 21.0. The first-order chi connectivity index (χ1) is 18.9. The maximum absolute atomic E-state index is 13.8. The molecule has 2 fully saturated rings. The Morgan fingerprint density at radius 1 is 1.05 bits per heavy atom. The molecule has 3 atom stereocenters. The van der Waals surface area contributed by atoms with E-state index in [-0.39, 0.29) is 24.4 Å². The van der Waals surface area contributed by atoms with Crippen molar-refractivity contribution in [3.05, 3.63) is 77.9 Å². The van der Waals surface area contributed by atoms with Gasteiger partial charge in [0.1, 0.15) is 17.8 Å². The van der Waals surface area contributed by atoms with Crippen LogP contribution in [-0.4, -0.2) is 52.7 Å². The fourth-order valence-corrected chi connectivity index (χ4v) is 6.22. The SMILES string of the molecule is COc1ccc([C@H]2CC(c3ccc4ccccc4c3)=NN2C(=O)CN2C(=O)N[C@]3(CCCC[C@@H]3C)C2=O)cc1. The van der Waals surface area contributed by atoms with Gasteiger partial charge >= 0.3 is 6.03 Å². The van der Waals surface area contributed by atoms with E-state index in [0.717, 1.165) is 57.5 Å². The van der Waals surface area contributed by atoms with Crippen molar-refractivity contribution in [3.8, 4) is 5.75 Å². The Labute approximate surface area is 227 Å². The van der Waals surface area contributed by atoms with E-state index >= 15 is 0 Å². The molecule has 1 N–H and O–H groups in total. The van der Waals surface area contributed by atoms with Crippen LogP contribution in [0.25, 0.3) is 10.8 Å². The van der Waals surface area contributed by atoms with Gasteiger partial charge in [-0.1, -0.05) is 68.3 Å². The molecule has 3 aromatic rings. The van der Waals surface area contributed by atoms with E-state index in [0.29, 0.717) is 12.8 Å². The number of fused-ring (bicyclic) bond motifs is 1. The third kappa shape index (κ3) is 4.33. The molecule has 1 saturated heterocycles. The van der Waals surface area contributed by atoms with Gasteiger partial charge in [0.25, 0.3) is 11.8 Å². The van der Waals surface area contributed by atoms with E-state index in [9.17, 15) is 14.4 Å². The number of amides is 4. The topological polar surface area (TPSA) is 91.3 Å². The second-order valence-corrected chi connectivity index (χ2v) is 10.8. The molecule has 0 unspecified atom stereocenters. The molecule has 4 amide bonds. The summed E-state index contributed by atoms with van der Waals surface area (Å²) in [7, 11) is 1.61. The monoisotopic (exact) mass is 524 g/mol. The average Bonchev–Trinajstić information content (AvgIpc) is 3.51. The second-order valence-electron chi connectivity index (χ2n) is 10.8. The number of urea groups is 1. The quantitative estimate of drug-likeness (QED) is 0.474. The molecule has 1 spiro atoms. The number of carbonyl (C=O) groups is 3. The van der Waals surface area contributed by atoms with Crippen molar-refractivity contribution in [3.63, 3.8) is 0 Å². The summed E-state index contributed by atoms with van der Waals surface area (Å²) >= 11 is 0. The number of hydrogen-bond donors (Lipinski definition) is 1. The first kappa shape index (κ1) is 25.1. The first-order valence-corrected chi connectivity index (χ1v) is 13.6. The second kappa shape index (κ2) is 9.84. The molecule has 39 heavy (non-hydrogen) atoms. The maximum atomic E-state index is 13.8. The molecule has 2 aliphatic heterocycles. The number of methoxy groups -OCH3 is 1. The number of ether oxygens (including phenoxy) is 1. The third-order valence-corrected chi connectivity index (χ3v) is 8.54. The van der Waals surface area contributed by atoms with Crippen molar-refractivity contribution in [2.24, 2.45) is 11.0 Å². The predicted molar refractivity (Wildman–Crippen MR) is 148 cm³/mol. The average molecular weight is 525 g/mol. The van der Waals surface area contributed by atoms with E-state index in [1.807, 2.05) is 49.4 Å². The number of benzene rings is 3. The highest BCUT2D eigenvalue weighted by Gasteiger charge is 2.55. The van der Waals surface area contributed by atoms with Gasteiger partial charge in [-0.3, -0.25) is 14.5 Å². The number of rotatable bonds is 5. The Balaban J connectivity index is 1.31. The number of nitrogens with one attached hydrogen (secondary N) is 1. The molecule has 3 aliphatic rings. The number of imide groups is 1. The molecule has 200 valence electrons. The van der Waals surface area contributed by atoms with Crippen LogP contribution < -0.4 is 10.1 Å². The minimum absolute atomic E-state index is 0.0270. The van der Waals surface area contributed by atoms with Gasteiger partial charge in [0.2, 0.25) is 0 Å². The third-order valence-electron chi connectivity index (χ3n) is 8.54.